The van der Waals surface area contributed by atoms with Gasteiger partial charge in [0, 0.05) is 11.5 Å². The van der Waals surface area contributed by atoms with Crippen molar-refractivity contribution < 1.29 is 12.6 Å². The second-order valence-electron chi connectivity index (χ2n) is 4.76. The first-order valence-electron chi connectivity index (χ1n) is 6.68. The molecular formula is C15H12Cl2O3S3. The van der Waals surface area contributed by atoms with Gasteiger partial charge in [-0.1, -0.05) is 35.3 Å². The minimum Gasteiger partial charge on any atom is -0.379 e. The SMILES string of the molecule is O=S(=O)(Oc1ccc(C2SCCS2)cc1)c1ccc(Cl)c(Cl)c1. The molecule has 8 heteroatoms. The van der Waals surface area contributed by atoms with Crippen LogP contribution in [0.25, 0.3) is 0 Å². The number of thioether (sulfide) groups is 2. The molecule has 1 heterocycles. The average Bonchev–Trinajstić information content (AvgIpc) is 3.04. The third kappa shape index (κ3) is 4.12. The summed E-state index contributed by atoms with van der Waals surface area (Å²) in [6, 6.07) is 11.2. The molecule has 0 radical (unpaired) electrons. The molecule has 1 aliphatic heterocycles. The molecule has 0 N–H and O–H groups in total. The minimum atomic E-state index is -3.94. The smallest absolute Gasteiger partial charge is 0.339 e. The molecule has 0 bridgehead atoms. The first-order valence-corrected chi connectivity index (χ1v) is 10.9. The first-order chi connectivity index (χ1) is 11.0. The Bertz CT molecular complexity index is 801. The van der Waals surface area contributed by atoms with Crippen LogP contribution in [0.5, 0.6) is 5.75 Å². The van der Waals surface area contributed by atoms with E-state index in [0.717, 1.165) is 17.1 Å². The van der Waals surface area contributed by atoms with E-state index >= 15 is 0 Å². The Morgan fingerprint density at radius 1 is 0.957 bits per heavy atom. The molecule has 1 fully saturated rings. The van der Waals surface area contributed by atoms with Gasteiger partial charge in [-0.2, -0.15) is 8.42 Å². The van der Waals surface area contributed by atoms with Crippen molar-refractivity contribution in [1.29, 1.82) is 0 Å². The fraction of sp³-hybridized carbons (Fsp3) is 0.200. The van der Waals surface area contributed by atoms with E-state index in [0.29, 0.717) is 9.60 Å². The van der Waals surface area contributed by atoms with Gasteiger partial charge >= 0.3 is 10.1 Å². The lowest BCUT2D eigenvalue weighted by molar-refractivity contribution is 0.486. The van der Waals surface area contributed by atoms with E-state index in [1.165, 1.54) is 18.2 Å². The van der Waals surface area contributed by atoms with Crippen LogP contribution in [-0.2, 0) is 10.1 Å². The first kappa shape index (κ1) is 17.3. The number of rotatable bonds is 4. The molecule has 0 atom stereocenters. The van der Waals surface area contributed by atoms with Crippen LogP contribution < -0.4 is 4.18 Å². The van der Waals surface area contributed by atoms with Crippen molar-refractivity contribution in [2.24, 2.45) is 0 Å². The lowest BCUT2D eigenvalue weighted by atomic mass is 10.2. The van der Waals surface area contributed by atoms with Gasteiger partial charge in [-0.15, -0.1) is 23.5 Å². The van der Waals surface area contributed by atoms with Crippen LogP contribution in [0.15, 0.2) is 47.4 Å². The molecule has 0 spiro atoms. The summed E-state index contributed by atoms with van der Waals surface area (Å²) in [5, 5.41) is 0.462. The monoisotopic (exact) mass is 406 g/mol. The van der Waals surface area contributed by atoms with Gasteiger partial charge in [-0.3, -0.25) is 0 Å². The van der Waals surface area contributed by atoms with Crippen LogP contribution >= 0.6 is 46.7 Å². The number of hydrogen-bond acceptors (Lipinski definition) is 5. The van der Waals surface area contributed by atoms with Gasteiger partial charge in [-0.25, -0.2) is 0 Å². The zero-order chi connectivity index (χ0) is 16.4. The molecule has 0 unspecified atom stereocenters. The van der Waals surface area contributed by atoms with Crippen molar-refractivity contribution in [3.05, 3.63) is 58.1 Å². The Morgan fingerprint density at radius 2 is 1.61 bits per heavy atom. The second-order valence-corrected chi connectivity index (χ2v) is 9.84. The predicted molar refractivity (Wildman–Crippen MR) is 98.4 cm³/mol. The highest BCUT2D eigenvalue weighted by Crippen LogP contribution is 2.45. The van der Waals surface area contributed by atoms with E-state index in [9.17, 15) is 8.42 Å². The van der Waals surface area contributed by atoms with Crippen molar-refractivity contribution in [2.45, 2.75) is 9.48 Å². The van der Waals surface area contributed by atoms with Crippen LogP contribution in [0.1, 0.15) is 10.1 Å². The largest absolute Gasteiger partial charge is 0.379 e. The summed E-state index contributed by atoms with van der Waals surface area (Å²) >= 11 is 15.4. The number of halogens is 2. The van der Waals surface area contributed by atoms with Crippen molar-refractivity contribution in [3.63, 3.8) is 0 Å². The molecule has 2 aromatic carbocycles. The quantitative estimate of drug-likeness (QED) is 0.649. The topological polar surface area (TPSA) is 43.4 Å². The molecule has 1 saturated heterocycles. The lowest BCUT2D eigenvalue weighted by Gasteiger charge is -2.11. The van der Waals surface area contributed by atoms with Crippen molar-refractivity contribution >= 4 is 56.8 Å². The van der Waals surface area contributed by atoms with Gasteiger partial charge in [-0.05, 0) is 35.9 Å². The maximum atomic E-state index is 12.3. The van der Waals surface area contributed by atoms with E-state index < -0.39 is 10.1 Å². The maximum Gasteiger partial charge on any atom is 0.339 e. The molecule has 0 saturated carbocycles. The number of benzene rings is 2. The Hall–Kier alpha value is -0.530. The summed E-state index contributed by atoms with van der Waals surface area (Å²) in [6.45, 7) is 0. The molecular weight excluding hydrogens is 395 g/mol. The van der Waals surface area contributed by atoms with Crippen LogP contribution in [0.4, 0.5) is 0 Å². The normalized spacial score (nSPS) is 15.7. The second kappa shape index (κ2) is 7.15. The van der Waals surface area contributed by atoms with Crippen molar-refractivity contribution in [3.8, 4) is 5.75 Å². The molecule has 0 aromatic heterocycles. The third-order valence-corrected chi connectivity index (χ3v) is 8.25. The fourth-order valence-electron chi connectivity index (χ4n) is 2.04. The van der Waals surface area contributed by atoms with Gasteiger partial charge in [0.05, 0.1) is 14.6 Å². The van der Waals surface area contributed by atoms with Gasteiger partial charge in [0.1, 0.15) is 10.6 Å². The van der Waals surface area contributed by atoms with E-state index in [-0.39, 0.29) is 15.7 Å². The maximum absolute atomic E-state index is 12.3. The summed E-state index contributed by atoms with van der Waals surface area (Å²) in [7, 11) is -3.94. The molecule has 0 aliphatic carbocycles. The average molecular weight is 407 g/mol. The van der Waals surface area contributed by atoms with Crippen molar-refractivity contribution in [1.82, 2.24) is 0 Å². The zero-order valence-electron chi connectivity index (χ0n) is 11.7. The van der Waals surface area contributed by atoms with E-state index in [2.05, 4.69) is 0 Å². The van der Waals surface area contributed by atoms with Gasteiger partial charge in [0.25, 0.3) is 0 Å². The standard InChI is InChI=1S/C15H12Cl2O3S3/c16-13-6-5-12(9-14(13)17)23(18,19)20-11-3-1-10(2-4-11)15-21-7-8-22-15/h1-6,9,15H,7-8H2. The molecule has 0 amide bonds. The molecule has 2 aromatic rings. The Labute approximate surface area is 153 Å². The number of hydrogen-bond donors (Lipinski definition) is 0. The van der Waals surface area contributed by atoms with E-state index in [1.54, 1.807) is 12.1 Å². The molecule has 3 rings (SSSR count). The Morgan fingerprint density at radius 3 is 2.22 bits per heavy atom. The summed E-state index contributed by atoms with van der Waals surface area (Å²) in [5.74, 6) is 2.55. The molecule has 23 heavy (non-hydrogen) atoms. The van der Waals surface area contributed by atoms with Crippen LogP contribution in [0, 0.1) is 0 Å². The molecule has 1 aliphatic rings. The minimum absolute atomic E-state index is 0.0297. The highest BCUT2D eigenvalue weighted by molar-refractivity contribution is 8.19. The Balaban J connectivity index is 1.78. The highest BCUT2D eigenvalue weighted by atomic mass is 35.5. The Kier molecular flexibility index (Phi) is 5.38. The van der Waals surface area contributed by atoms with Crippen LogP contribution in [-0.4, -0.2) is 19.9 Å². The molecule has 122 valence electrons. The zero-order valence-corrected chi connectivity index (χ0v) is 15.7. The van der Waals surface area contributed by atoms with Gasteiger partial charge in [0.2, 0.25) is 0 Å². The van der Waals surface area contributed by atoms with Gasteiger partial charge < -0.3 is 4.18 Å². The van der Waals surface area contributed by atoms with Crippen LogP contribution in [0.2, 0.25) is 10.0 Å². The predicted octanol–water partition coefficient (Wildman–Crippen LogP) is 5.24. The lowest BCUT2D eigenvalue weighted by Crippen LogP contribution is -2.09. The summed E-state index contributed by atoms with van der Waals surface area (Å²) < 4.78 is 30.1. The summed E-state index contributed by atoms with van der Waals surface area (Å²) in [4.78, 5) is -0.0297. The molecule has 3 nitrogen and oxygen atoms in total. The third-order valence-electron chi connectivity index (χ3n) is 3.16. The van der Waals surface area contributed by atoms with E-state index in [4.69, 9.17) is 27.4 Å². The van der Waals surface area contributed by atoms with Crippen LogP contribution in [0.3, 0.4) is 0 Å². The summed E-state index contributed by atoms with van der Waals surface area (Å²) in [6.07, 6.45) is 0. The van der Waals surface area contributed by atoms with Crippen molar-refractivity contribution in [2.75, 3.05) is 11.5 Å². The highest BCUT2D eigenvalue weighted by Gasteiger charge is 2.20. The summed E-state index contributed by atoms with van der Waals surface area (Å²) in [5.41, 5.74) is 1.16. The van der Waals surface area contributed by atoms with E-state index in [1.807, 2.05) is 35.7 Å². The fourth-order valence-corrected chi connectivity index (χ4v) is 6.22. The van der Waals surface area contributed by atoms with Gasteiger partial charge in [0.15, 0.2) is 0 Å².